The molecule has 168 valence electrons. The van der Waals surface area contributed by atoms with Crippen LogP contribution in [0, 0.1) is 0 Å². The van der Waals surface area contributed by atoms with Gasteiger partial charge in [-0.25, -0.2) is 4.68 Å². The molecule has 30 heavy (non-hydrogen) atoms. The molecule has 0 amide bonds. The summed E-state index contributed by atoms with van der Waals surface area (Å²) in [6.45, 7) is 0. The molecule has 13 heteroatoms. The van der Waals surface area contributed by atoms with E-state index in [-0.39, 0.29) is 5.75 Å². The van der Waals surface area contributed by atoms with Gasteiger partial charge in [-0.3, -0.25) is 9.55 Å². The first-order chi connectivity index (χ1) is 13.9. The van der Waals surface area contributed by atoms with Crippen LogP contribution >= 0.6 is 11.3 Å². The van der Waals surface area contributed by atoms with E-state index in [1.54, 1.807) is 30.6 Å². The largest absolute Gasteiger partial charge is 0.522 e. The third kappa shape index (κ3) is 6.44. The number of alkyl halides is 3. The maximum atomic E-state index is 10.7. The lowest BCUT2D eigenvalue weighted by Crippen LogP contribution is -2.21. The number of phenolic OH excluding ortho intramolecular Hbond substituents is 1. The maximum Gasteiger partial charge on any atom is 0.522 e. The van der Waals surface area contributed by atoms with Crippen LogP contribution < -0.4 is 9.54 Å². The fourth-order valence-electron chi connectivity index (χ4n) is 2.77. The Kier molecular flexibility index (Phi) is 7.88. The average Bonchev–Trinajstić information content (AvgIpc) is 3.02. The van der Waals surface area contributed by atoms with Crippen LogP contribution in [0.4, 0.5) is 13.2 Å². The summed E-state index contributed by atoms with van der Waals surface area (Å²) in [6, 6.07) is 5.77. The summed E-state index contributed by atoms with van der Waals surface area (Å²) < 4.78 is 64.4. The first kappa shape index (κ1) is 24.2. The van der Waals surface area contributed by atoms with Gasteiger partial charge in [0, 0.05) is 12.6 Å². The number of aromatic nitrogens is 2. The number of hydrogen-bond acceptors (Lipinski definition) is 7. The Morgan fingerprint density at radius 2 is 1.87 bits per heavy atom. The molecule has 3 rings (SSSR count). The van der Waals surface area contributed by atoms with Gasteiger partial charge in [0.2, 0.25) is 4.80 Å². The molecule has 0 aliphatic heterocycles. The molecule has 2 N–H and O–H groups in total. The molecule has 1 heterocycles. The van der Waals surface area contributed by atoms with E-state index in [1.165, 1.54) is 32.1 Å². The molecular weight excluding hydrogens is 447 g/mol. The second kappa shape index (κ2) is 9.79. The van der Waals surface area contributed by atoms with Crippen molar-refractivity contribution in [1.29, 1.82) is 0 Å². The van der Waals surface area contributed by atoms with E-state index in [0.717, 1.165) is 15.4 Å². The topological polar surface area (TPSA) is 114 Å². The third-order valence-electron chi connectivity index (χ3n) is 4.29. The maximum absolute atomic E-state index is 10.7. The van der Waals surface area contributed by atoms with Gasteiger partial charge in [0.25, 0.3) is 0 Å². The molecule has 0 bridgehead atoms. The van der Waals surface area contributed by atoms with E-state index < -0.39 is 15.6 Å². The predicted octanol–water partition coefficient (Wildman–Crippen LogP) is 3.49. The Morgan fingerprint density at radius 3 is 2.37 bits per heavy atom. The Hall–Kier alpha value is -2.12. The molecule has 0 spiro atoms. The lowest BCUT2D eigenvalue weighted by atomic mass is 9.96. The summed E-state index contributed by atoms with van der Waals surface area (Å²) in [5.74, 6) is 0.598. The molecule has 1 aliphatic rings. The second-order valence-corrected chi connectivity index (χ2v) is 8.91. The van der Waals surface area contributed by atoms with Crippen LogP contribution in [0.2, 0.25) is 0 Å². The van der Waals surface area contributed by atoms with Gasteiger partial charge in [0.05, 0.1) is 13.2 Å². The Bertz CT molecular complexity index is 1030. The fourth-order valence-corrected chi connectivity index (χ4v) is 3.72. The zero-order valence-corrected chi connectivity index (χ0v) is 17.9. The normalized spacial score (nSPS) is 16.1. The molecule has 1 saturated carbocycles. The average molecular weight is 470 g/mol. The summed E-state index contributed by atoms with van der Waals surface area (Å²) in [4.78, 5) is 5.79. The van der Waals surface area contributed by atoms with Crippen molar-refractivity contribution >= 4 is 21.5 Å². The van der Waals surface area contributed by atoms with Crippen molar-refractivity contribution in [2.75, 3.05) is 7.11 Å². The summed E-state index contributed by atoms with van der Waals surface area (Å²) in [6.07, 6.45) is 6.23. The number of methoxy groups -OCH3 is 1. The van der Waals surface area contributed by atoms with Crippen LogP contribution in [0.5, 0.6) is 11.5 Å². The summed E-state index contributed by atoms with van der Waals surface area (Å²) in [5.41, 5.74) is -4.66. The lowest BCUT2D eigenvalue weighted by molar-refractivity contribution is -0.0510. The van der Waals surface area contributed by atoms with Crippen molar-refractivity contribution in [3.63, 3.8) is 0 Å². The highest BCUT2D eigenvalue weighted by molar-refractivity contribution is 7.86. The van der Waals surface area contributed by atoms with Gasteiger partial charge in [0.15, 0.2) is 11.5 Å². The molecule has 0 radical (unpaired) electrons. The van der Waals surface area contributed by atoms with Gasteiger partial charge < -0.3 is 9.84 Å². The van der Waals surface area contributed by atoms with E-state index in [9.17, 15) is 18.3 Å². The molecule has 1 aromatic heterocycles. The smallest absolute Gasteiger partial charge is 0.504 e. The second-order valence-electron chi connectivity index (χ2n) is 6.54. The monoisotopic (exact) mass is 469 g/mol. The summed E-state index contributed by atoms with van der Waals surface area (Å²) in [7, 11) is -2.38. The highest BCUT2D eigenvalue weighted by atomic mass is 32.2. The quantitative estimate of drug-likeness (QED) is 0.525. The van der Waals surface area contributed by atoms with E-state index >= 15 is 0 Å². The van der Waals surface area contributed by atoms with Crippen molar-refractivity contribution in [3.8, 4) is 22.1 Å². The minimum atomic E-state index is -5.84. The molecule has 1 aromatic carbocycles. The number of halogens is 3. The molecule has 2 aromatic rings. The highest BCUT2D eigenvalue weighted by Crippen LogP contribution is 2.31. The molecule has 1 fully saturated rings. The van der Waals surface area contributed by atoms with Gasteiger partial charge in [0.1, 0.15) is 5.01 Å². The molecule has 1 aliphatic carbocycles. The minimum absolute atomic E-state index is 0.128. The predicted molar refractivity (Wildman–Crippen MR) is 105 cm³/mol. The van der Waals surface area contributed by atoms with Crippen molar-refractivity contribution in [3.05, 3.63) is 23.0 Å². The van der Waals surface area contributed by atoms with Crippen molar-refractivity contribution in [1.82, 2.24) is 9.78 Å². The summed E-state index contributed by atoms with van der Waals surface area (Å²) >= 11 is 1.56. The Balaban J connectivity index is 0.000000343. The molecule has 0 atom stereocenters. The molecule has 0 unspecified atom stereocenters. The van der Waals surface area contributed by atoms with Crippen LogP contribution in [0.15, 0.2) is 23.2 Å². The van der Waals surface area contributed by atoms with E-state index in [4.69, 9.17) is 22.7 Å². The zero-order valence-electron chi connectivity index (χ0n) is 16.3. The van der Waals surface area contributed by atoms with Crippen LogP contribution in [-0.2, 0) is 17.2 Å². The SMILES string of the molecule is COc1ccc(-c2nn(C)c(=NC3CCCCC3)s2)cc1O.O=S(=O)(O)C(F)(F)F. The van der Waals surface area contributed by atoms with Gasteiger partial charge in [-0.05, 0) is 31.0 Å². The number of aromatic hydroxyl groups is 1. The van der Waals surface area contributed by atoms with Crippen LogP contribution in [0.3, 0.4) is 0 Å². The van der Waals surface area contributed by atoms with Gasteiger partial charge in [-0.15, -0.1) is 0 Å². The standard InChI is InChI=1S/C16H21N3O2S.CHF3O3S/c1-19-16(17-12-6-4-3-5-7-12)22-15(18-19)11-8-9-14(21-2)13(20)10-11;2-1(3,4)8(5,6)7/h8-10,12,20H,3-7H2,1-2H3;(H,5,6,7). The van der Waals surface area contributed by atoms with Gasteiger partial charge >= 0.3 is 15.6 Å². The van der Waals surface area contributed by atoms with Crippen LogP contribution in [0.25, 0.3) is 10.6 Å². The Labute approximate surface area is 175 Å². The highest BCUT2D eigenvalue weighted by Gasteiger charge is 2.44. The van der Waals surface area contributed by atoms with Crippen molar-refractivity contribution < 1.29 is 36.0 Å². The van der Waals surface area contributed by atoms with E-state index in [2.05, 4.69) is 5.10 Å². The van der Waals surface area contributed by atoms with Crippen LogP contribution in [0.1, 0.15) is 32.1 Å². The number of benzene rings is 1. The molecule has 0 saturated heterocycles. The Morgan fingerprint density at radius 1 is 1.27 bits per heavy atom. The number of ether oxygens (including phenoxy) is 1. The first-order valence-corrected chi connectivity index (χ1v) is 11.2. The first-order valence-electron chi connectivity index (χ1n) is 8.91. The molecular formula is C17H22F3N3O5S2. The third-order valence-corrected chi connectivity index (χ3v) is 5.94. The van der Waals surface area contributed by atoms with Crippen molar-refractivity contribution in [2.45, 2.75) is 43.7 Å². The summed E-state index contributed by atoms with van der Waals surface area (Å²) in [5, 5.41) is 15.3. The lowest BCUT2D eigenvalue weighted by Gasteiger charge is -2.16. The van der Waals surface area contributed by atoms with E-state index in [1.807, 2.05) is 17.8 Å². The minimum Gasteiger partial charge on any atom is -0.504 e. The number of hydrogen-bond donors (Lipinski definition) is 2. The van der Waals surface area contributed by atoms with Gasteiger partial charge in [-0.1, -0.05) is 30.6 Å². The van der Waals surface area contributed by atoms with Gasteiger partial charge in [-0.2, -0.15) is 26.7 Å². The van der Waals surface area contributed by atoms with Crippen molar-refractivity contribution in [2.24, 2.45) is 12.0 Å². The number of aryl methyl sites for hydroxylation is 1. The molecule has 8 nitrogen and oxygen atoms in total. The number of nitrogens with zero attached hydrogens (tertiary/aromatic N) is 3. The number of rotatable bonds is 3. The van der Waals surface area contributed by atoms with Crippen LogP contribution in [-0.4, -0.2) is 46.5 Å². The van der Waals surface area contributed by atoms with E-state index in [0.29, 0.717) is 11.8 Å². The zero-order chi connectivity index (χ0) is 22.5. The number of phenols is 1. The fraction of sp³-hybridized carbons (Fsp3) is 0.529.